The summed E-state index contributed by atoms with van der Waals surface area (Å²) in [4.78, 5) is 38.5. The monoisotopic (exact) mass is 1170 g/mol. The van der Waals surface area contributed by atoms with Gasteiger partial charge in [-0.2, -0.15) is 0 Å². The largest absolute Gasteiger partial charge is 0.462 e. The number of carbonyl (C=O) groups is 3. The Bertz CT molecular complexity index is 1340. The summed E-state index contributed by atoms with van der Waals surface area (Å²) in [6.07, 6.45) is 89.4. The predicted octanol–water partition coefficient (Wildman–Crippen LogP) is 26.1. The van der Waals surface area contributed by atoms with Crippen LogP contribution in [0.25, 0.3) is 0 Å². The molecule has 0 aromatic rings. The fourth-order valence-corrected chi connectivity index (χ4v) is 11.8. The predicted molar refractivity (Wildman–Crippen MR) is 363 cm³/mol. The molecule has 0 aromatic carbocycles. The van der Waals surface area contributed by atoms with Crippen LogP contribution in [0.3, 0.4) is 0 Å². The molecule has 0 spiro atoms. The van der Waals surface area contributed by atoms with E-state index in [2.05, 4.69) is 45.1 Å². The summed E-state index contributed by atoms with van der Waals surface area (Å²) in [6.45, 7) is 6.72. The van der Waals surface area contributed by atoms with Crippen molar-refractivity contribution in [1.82, 2.24) is 0 Å². The third-order valence-electron chi connectivity index (χ3n) is 17.5. The van der Waals surface area contributed by atoms with Crippen LogP contribution < -0.4 is 0 Å². The first-order valence-corrected chi connectivity index (χ1v) is 37.8. The lowest BCUT2D eigenvalue weighted by Gasteiger charge is -2.18. The Labute approximate surface area is 519 Å². The number of hydrogen-bond donors (Lipinski definition) is 0. The molecule has 0 saturated carbocycles. The molecule has 0 aliphatic rings. The van der Waals surface area contributed by atoms with E-state index in [0.29, 0.717) is 19.3 Å². The van der Waals surface area contributed by atoms with Gasteiger partial charge in [0.05, 0.1) is 0 Å². The highest BCUT2D eigenvalue weighted by Gasteiger charge is 2.20. The lowest BCUT2D eigenvalue weighted by molar-refractivity contribution is -0.167. The maximum absolute atomic E-state index is 13.0. The van der Waals surface area contributed by atoms with Crippen molar-refractivity contribution in [2.45, 2.75) is 438 Å². The van der Waals surface area contributed by atoms with Crippen LogP contribution in [0.5, 0.6) is 0 Å². The Morgan fingerprint density at radius 2 is 0.434 bits per heavy atom. The Morgan fingerprint density at radius 3 is 0.663 bits per heavy atom. The minimum Gasteiger partial charge on any atom is -0.462 e. The molecule has 0 saturated heterocycles. The molecule has 0 fully saturated rings. The van der Waals surface area contributed by atoms with Crippen LogP contribution in [0.4, 0.5) is 0 Å². The number of rotatable bonds is 71. The van der Waals surface area contributed by atoms with Crippen molar-refractivity contribution < 1.29 is 28.6 Å². The molecule has 1 unspecified atom stereocenters. The lowest BCUT2D eigenvalue weighted by Crippen LogP contribution is -2.30. The quantitative estimate of drug-likeness (QED) is 0.0261. The molecule has 0 bridgehead atoms. The van der Waals surface area contributed by atoms with Gasteiger partial charge in [0.25, 0.3) is 0 Å². The van der Waals surface area contributed by atoms with E-state index >= 15 is 0 Å². The normalized spacial score (nSPS) is 12.1. The number of carbonyl (C=O) groups excluding carboxylic acids is 3. The zero-order valence-corrected chi connectivity index (χ0v) is 56.5. The highest BCUT2D eigenvalue weighted by atomic mass is 16.6. The Balaban J connectivity index is 4.14. The first-order valence-electron chi connectivity index (χ1n) is 37.8. The maximum Gasteiger partial charge on any atom is 0.306 e. The Kier molecular flexibility index (Phi) is 70.5. The van der Waals surface area contributed by atoms with Crippen LogP contribution in [0.1, 0.15) is 432 Å². The Hall–Kier alpha value is -2.11. The molecule has 83 heavy (non-hydrogen) atoms. The van der Waals surface area contributed by atoms with Gasteiger partial charge in [-0.3, -0.25) is 14.4 Å². The molecule has 0 aliphatic carbocycles. The SMILES string of the molecule is CCCCCCC/C=C\C/C=C\CCCCCCCCCCCCCCCCCCCCCC(=O)OCC(COC(=O)CCCCCCCCCCCCCCC)OC(=O)CCCCCCCCCCCCCCCCCCCCCCC. The highest BCUT2D eigenvalue weighted by Crippen LogP contribution is 2.19. The highest BCUT2D eigenvalue weighted by molar-refractivity contribution is 5.71. The fourth-order valence-electron chi connectivity index (χ4n) is 11.8. The molecular weight excluding hydrogens is 1020 g/mol. The molecule has 1 atom stereocenters. The molecule has 0 rings (SSSR count). The van der Waals surface area contributed by atoms with Gasteiger partial charge in [-0.05, 0) is 51.4 Å². The van der Waals surface area contributed by atoms with E-state index in [0.717, 1.165) is 64.2 Å². The number of allylic oxidation sites excluding steroid dienone is 4. The molecule has 0 aromatic heterocycles. The van der Waals surface area contributed by atoms with Crippen molar-refractivity contribution in [1.29, 1.82) is 0 Å². The van der Waals surface area contributed by atoms with E-state index in [4.69, 9.17) is 14.2 Å². The van der Waals surface area contributed by atoms with Gasteiger partial charge in [0.1, 0.15) is 13.2 Å². The second-order valence-corrected chi connectivity index (χ2v) is 25.9. The molecule has 0 N–H and O–H groups in total. The minimum atomic E-state index is -0.766. The summed E-state index contributed by atoms with van der Waals surface area (Å²) in [5.74, 6) is -0.824. The van der Waals surface area contributed by atoms with E-state index in [1.807, 2.05) is 0 Å². The van der Waals surface area contributed by atoms with Crippen molar-refractivity contribution in [3.05, 3.63) is 24.3 Å². The molecule has 6 nitrogen and oxygen atoms in total. The number of ether oxygens (including phenoxy) is 3. The van der Waals surface area contributed by atoms with E-state index < -0.39 is 6.10 Å². The Morgan fingerprint density at radius 1 is 0.241 bits per heavy atom. The third-order valence-corrected chi connectivity index (χ3v) is 17.5. The van der Waals surface area contributed by atoms with Gasteiger partial charge in [-0.1, -0.05) is 385 Å². The summed E-state index contributed by atoms with van der Waals surface area (Å²) < 4.78 is 17.0. The van der Waals surface area contributed by atoms with Crippen LogP contribution in [0, 0.1) is 0 Å². The van der Waals surface area contributed by atoms with Crippen LogP contribution in [-0.2, 0) is 28.6 Å². The van der Waals surface area contributed by atoms with Gasteiger partial charge in [0.15, 0.2) is 6.10 Å². The van der Waals surface area contributed by atoms with Crippen LogP contribution >= 0.6 is 0 Å². The van der Waals surface area contributed by atoms with E-state index in [1.165, 1.54) is 327 Å². The zero-order chi connectivity index (χ0) is 59.9. The minimum absolute atomic E-state index is 0.0627. The topological polar surface area (TPSA) is 78.9 Å². The fraction of sp³-hybridized carbons (Fsp3) is 0.909. The van der Waals surface area contributed by atoms with Crippen LogP contribution in [0.15, 0.2) is 24.3 Å². The maximum atomic E-state index is 13.0. The van der Waals surface area contributed by atoms with Crippen molar-refractivity contribution in [2.75, 3.05) is 13.2 Å². The van der Waals surface area contributed by atoms with Crippen LogP contribution in [0.2, 0.25) is 0 Å². The van der Waals surface area contributed by atoms with Gasteiger partial charge < -0.3 is 14.2 Å². The molecule has 0 radical (unpaired) electrons. The van der Waals surface area contributed by atoms with Gasteiger partial charge in [-0.25, -0.2) is 0 Å². The number of hydrogen-bond acceptors (Lipinski definition) is 6. The summed E-state index contributed by atoms with van der Waals surface area (Å²) >= 11 is 0. The molecule has 0 amide bonds. The van der Waals surface area contributed by atoms with Crippen LogP contribution in [-0.4, -0.2) is 37.2 Å². The molecular formula is C77H146O6. The first-order chi connectivity index (χ1) is 41.0. The van der Waals surface area contributed by atoms with Gasteiger partial charge in [0, 0.05) is 19.3 Å². The molecule has 0 aliphatic heterocycles. The van der Waals surface area contributed by atoms with Gasteiger partial charge in [0.2, 0.25) is 0 Å². The van der Waals surface area contributed by atoms with E-state index in [1.54, 1.807) is 0 Å². The first kappa shape index (κ1) is 80.9. The summed E-state index contributed by atoms with van der Waals surface area (Å²) in [6, 6.07) is 0. The lowest BCUT2D eigenvalue weighted by atomic mass is 10.0. The second-order valence-electron chi connectivity index (χ2n) is 25.9. The van der Waals surface area contributed by atoms with E-state index in [9.17, 15) is 14.4 Å². The van der Waals surface area contributed by atoms with E-state index in [-0.39, 0.29) is 31.1 Å². The third kappa shape index (κ3) is 70.5. The van der Waals surface area contributed by atoms with Crippen molar-refractivity contribution in [3.63, 3.8) is 0 Å². The van der Waals surface area contributed by atoms with Crippen molar-refractivity contribution in [3.8, 4) is 0 Å². The summed E-state index contributed by atoms with van der Waals surface area (Å²) in [5.41, 5.74) is 0. The zero-order valence-electron chi connectivity index (χ0n) is 56.5. The standard InChI is InChI=1S/C77H146O6/c1-4-7-10-13-16-19-22-25-27-29-31-33-34-35-36-37-38-39-40-41-42-44-45-47-49-52-55-58-61-64-67-70-76(79)82-73-74(72-81-75(78)69-66-63-60-57-54-51-24-21-18-15-12-9-6-3)83-77(80)71-68-65-62-59-56-53-50-48-46-43-32-30-28-26-23-20-17-14-11-8-5-2/h22,25,29,31,74H,4-21,23-24,26-28,30,32-73H2,1-3H3/b25-22-,31-29-. The van der Waals surface area contributed by atoms with Crippen molar-refractivity contribution >= 4 is 17.9 Å². The number of esters is 3. The molecule has 6 heteroatoms. The smallest absolute Gasteiger partial charge is 0.306 e. The average molecular weight is 1170 g/mol. The molecule has 0 heterocycles. The van der Waals surface area contributed by atoms with Gasteiger partial charge >= 0.3 is 17.9 Å². The average Bonchev–Trinajstić information content (AvgIpc) is 3.49. The van der Waals surface area contributed by atoms with Gasteiger partial charge in [-0.15, -0.1) is 0 Å². The summed E-state index contributed by atoms with van der Waals surface area (Å²) in [5, 5.41) is 0. The summed E-state index contributed by atoms with van der Waals surface area (Å²) in [7, 11) is 0. The van der Waals surface area contributed by atoms with Crippen molar-refractivity contribution in [2.24, 2.45) is 0 Å². The molecule has 490 valence electrons. The number of unbranched alkanes of at least 4 members (excludes halogenated alkanes) is 56. The second kappa shape index (κ2) is 72.4.